The molecule has 0 aromatic heterocycles. The molecule has 4 saturated carbocycles. The lowest BCUT2D eigenvalue weighted by atomic mass is 9.44. The molecule has 0 radical (unpaired) electrons. The molecule has 4 rings (SSSR count). The van der Waals surface area contributed by atoms with Gasteiger partial charge in [-0.2, -0.15) is 0 Å². The van der Waals surface area contributed by atoms with Gasteiger partial charge in [-0.3, -0.25) is 4.79 Å². The van der Waals surface area contributed by atoms with Gasteiger partial charge in [0.05, 0.1) is 0 Å². The van der Waals surface area contributed by atoms with Gasteiger partial charge >= 0.3 is 0 Å². The Bertz CT molecular complexity index is 682. The van der Waals surface area contributed by atoms with Gasteiger partial charge in [-0.25, -0.2) is 0 Å². The van der Waals surface area contributed by atoms with Crippen LogP contribution in [0.4, 0.5) is 0 Å². The molecule has 2 heteroatoms. The summed E-state index contributed by atoms with van der Waals surface area (Å²) in [6.45, 7) is 14.5. The molecule has 0 spiro atoms. The summed E-state index contributed by atoms with van der Waals surface area (Å²) >= 11 is 6.52. The zero-order valence-electron chi connectivity index (χ0n) is 20.3. The average molecular weight is 433 g/mol. The van der Waals surface area contributed by atoms with Gasteiger partial charge in [0.1, 0.15) is 5.78 Å². The third-order valence-electron chi connectivity index (χ3n) is 10.9. The van der Waals surface area contributed by atoms with E-state index in [1.54, 1.807) is 0 Å². The zero-order valence-corrected chi connectivity index (χ0v) is 21.0. The summed E-state index contributed by atoms with van der Waals surface area (Å²) in [5.74, 6) is 5.68. The van der Waals surface area contributed by atoms with Crippen LogP contribution in [-0.2, 0) is 4.79 Å². The molecule has 0 unspecified atom stereocenters. The van der Waals surface area contributed by atoms with Crippen molar-refractivity contribution in [1.82, 2.24) is 0 Å². The minimum absolute atomic E-state index is 0.211. The van der Waals surface area contributed by atoms with Crippen molar-refractivity contribution in [3.63, 3.8) is 0 Å². The van der Waals surface area contributed by atoms with Crippen molar-refractivity contribution >= 4 is 17.4 Å². The molecule has 0 heterocycles. The van der Waals surface area contributed by atoms with Gasteiger partial charge in [0.15, 0.2) is 0 Å². The fraction of sp³-hybridized carbons (Fsp3) is 0.893. The summed E-state index contributed by atoms with van der Waals surface area (Å²) in [6.07, 6.45) is 14.4. The average Bonchev–Trinajstić information content (AvgIpc) is 3.04. The van der Waals surface area contributed by atoms with Crippen molar-refractivity contribution in [3.05, 3.63) is 12.2 Å². The summed E-state index contributed by atoms with van der Waals surface area (Å²) < 4.78 is 0. The van der Waals surface area contributed by atoms with Crippen molar-refractivity contribution in [3.8, 4) is 0 Å². The van der Waals surface area contributed by atoms with Crippen LogP contribution in [-0.4, -0.2) is 11.2 Å². The smallest absolute Gasteiger partial charge is 0.136 e. The van der Waals surface area contributed by atoms with E-state index in [1.165, 1.54) is 25.7 Å². The van der Waals surface area contributed by atoms with Crippen LogP contribution in [0.5, 0.6) is 0 Å². The Kier molecular flexibility index (Phi) is 6.28. The Balaban J connectivity index is 1.54. The number of alkyl halides is 1. The second-order valence-corrected chi connectivity index (χ2v) is 13.2. The summed E-state index contributed by atoms with van der Waals surface area (Å²) in [6, 6.07) is 0. The molecule has 0 aliphatic heterocycles. The number of ketones is 1. The minimum atomic E-state index is 0.211. The number of halogens is 1. The molecule has 4 aliphatic carbocycles. The monoisotopic (exact) mass is 432 g/mol. The molecular formula is C28H45ClO. The predicted octanol–water partition coefficient (Wildman–Crippen LogP) is 7.92. The highest BCUT2D eigenvalue weighted by Crippen LogP contribution is 2.67. The van der Waals surface area contributed by atoms with Crippen LogP contribution in [0.2, 0.25) is 0 Å². The Labute approximate surface area is 190 Å². The number of fused-ring (bicyclic) bond motifs is 5. The number of Topliss-reactive ketones (excluding diaryl/α,β-unsaturated/α-hetero) is 1. The Morgan fingerprint density at radius 3 is 2.30 bits per heavy atom. The molecule has 170 valence electrons. The number of hydrogen-bond donors (Lipinski definition) is 0. The molecule has 0 amide bonds. The molecule has 30 heavy (non-hydrogen) atoms. The Morgan fingerprint density at radius 2 is 1.60 bits per heavy atom. The molecule has 0 aromatic rings. The number of rotatable bonds is 4. The topological polar surface area (TPSA) is 17.1 Å². The first-order valence-electron chi connectivity index (χ1n) is 12.9. The van der Waals surface area contributed by atoms with E-state index in [9.17, 15) is 4.79 Å². The Morgan fingerprint density at radius 1 is 0.933 bits per heavy atom. The maximum absolute atomic E-state index is 13.3. The molecule has 4 aliphatic rings. The normalized spacial score (nSPS) is 48.3. The highest BCUT2D eigenvalue weighted by atomic mass is 35.5. The van der Waals surface area contributed by atoms with Crippen LogP contribution in [0.15, 0.2) is 12.2 Å². The third-order valence-corrected chi connectivity index (χ3v) is 11.3. The predicted molar refractivity (Wildman–Crippen MR) is 128 cm³/mol. The van der Waals surface area contributed by atoms with Crippen LogP contribution >= 0.6 is 11.6 Å². The van der Waals surface area contributed by atoms with Gasteiger partial charge < -0.3 is 0 Å². The number of carbonyl (C=O) groups excluding carboxylic acids is 1. The van der Waals surface area contributed by atoms with Crippen LogP contribution in [0.1, 0.15) is 92.9 Å². The molecule has 0 saturated heterocycles. The molecule has 0 N–H and O–H groups in total. The second-order valence-electron chi connectivity index (χ2n) is 12.6. The van der Waals surface area contributed by atoms with Crippen molar-refractivity contribution in [2.75, 3.05) is 0 Å². The Hall–Kier alpha value is -0.300. The van der Waals surface area contributed by atoms with Crippen LogP contribution in [0, 0.1) is 58.2 Å². The van der Waals surface area contributed by atoms with Crippen molar-refractivity contribution in [1.29, 1.82) is 0 Å². The quantitative estimate of drug-likeness (QED) is 0.325. The van der Waals surface area contributed by atoms with Crippen molar-refractivity contribution < 1.29 is 4.79 Å². The molecule has 1 nitrogen and oxygen atoms in total. The van der Waals surface area contributed by atoms with E-state index < -0.39 is 0 Å². The van der Waals surface area contributed by atoms with Gasteiger partial charge in [0.25, 0.3) is 0 Å². The summed E-state index contributed by atoms with van der Waals surface area (Å²) in [7, 11) is 0. The maximum atomic E-state index is 13.3. The molecule has 4 fully saturated rings. The molecule has 0 bridgehead atoms. The third kappa shape index (κ3) is 3.64. The highest BCUT2D eigenvalue weighted by Gasteiger charge is 2.62. The standard InChI is InChI=1S/C28H45ClO/c1-17(2)18(3)7-8-19(4)22-9-10-23-21-16-26(30)25-15-20(29)11-13-28(25,6)24(21)12-14-27(22,23)5/h7-8,17-25H,9-16H2,1-6H3/b8-7+/t18-,19-,20-,21+,22-,23+,24+,25+,27+,28+/m0/s1. The minimum Gasteiger partial charge on any atom is -0.299 e. The summed E-state index contributed by atoms with van der Waals surface area (Å²) in [5.41, 5.74) is 0.627. The van der Waals surface area contributed by atoms with E-state index in [-0.39, 0.29) is 16.7 Å². The van der Waals surface area contributed by atoms with Gasteiger partial charge in [0, 0.05) is 17.7 Å². The van der Waals surface area contributed by atoms with E-state index in [2.05, 4.69) is 53.7 Å². The summed E-state index contributed by atoms with van der Waals surface area (Å²) in [4.78, 5) is 13.3. The van der Waals surface area contributed by atoms with E-state index >= 15 is 0 Å². The number of allylic oxidation sites excluding steroid dienone is 2. The van der Waals surface area contributed by atoms with Gasteiger partial charge in [-0.1, -0.05) is 53.7 Å². The van der Waals surface area contributed by atoms with Gasteiger partial charge in [-0.15, -0.1) is 11.6 Å². The highest BCUT2D eigenvalue weighted by molar-refractivity contribution is 6.20. The fourth-order valence-electron chi connectivity index (χ4n) is 8.60. The second kappa shape index (κ2) is 8.24. The van der Waals surface area contributed by atoms with Gasteiger partial charge in [-0.05, 0) is 97.2 Å². The van der Waals surface area contributed by atoms with E-state index in [1.807, 2.05) is 0 Å². The van der Waals surface area contributed by atoms with E-state index in [4.69, 9.17) is 11.6 Å². The molecule has 10 atom stereocenters. The maximum Gasteiger partial charge on any atom is 0.136 e. The lowest BCUT2D eigenvalue weighted by Gasteiger charge is -2.60. The largest absolute Gasteiger partial charge is 0.299 e. The lowest BCUT2D eigenvalue weighted by molar-refractivity contribution is -0.153. The first kappa shape index (κ1) is 22.9. The first-order valence-corrected chi connectivity index (χ1v) is 13.4. The number of carbonyl (C=O) groups is 1. The summed E-state index contributed by atoms with van der Waals surface area (Å²) in [5, 5.41) is 0.217. The van der Waals surface area contributed by atoms with Crippen LogP contribution in [0.25, 0.3) is 0 Å². The van der Waals surface area contributed by atoms with E-state index in [0.29, 0.717) is 34.9 Å². The fourth-order valence-corrected chi connectivity index (χ4v) is 8.89. The lowest BCUT2D eigenvalue weighted by Crippen LogP contribution is -2.56. The van der Waals surface area contributed by atoms with Crippen molar-refractivity contribution in [2.24, 2.45) is 58.2 Å². The molecule has 0 aromatic carbocycles. The zero-order chi connectivity index (χ0) is 21.8. The number of hydrogen-bond acceptors (Lipinski definition) is 1. The van der Waals surface area contributed by atoms with Crippen LogP contribution in [0.3, 0.4) is 0 Å². The van der Waals surface area contributed by atoms with Gasteiger partial charge in [0.2, 0.25) is 0 Å². The van der Waals surface area contributed by atoms with E-state index in [0.717, 1.165) is 43.4 Å². The SMILES string of the molecule is CC(C)[C@@H](C)/C=C/[C@H](C)[C@@H]1CC[C@@H]2[C@H]3CC(=O)[C@H]4C[C@@H](Cl)CC[C@]4(C)[C@@H]3CC[C@@]21C. The van der Waals surface area contributed by atoms with Crippen molar-refractivity contribution in [2.45, 2.75) is 98.3 Å². The molecular weight excluding hydrogens is 388 g/mol. The first-order chi connectivity index (χ1) is 14.1. The van der Waals surface area contributed by atoms with Crippen LogP contribution < -0.4 is 0 Å².